The van der Waals surface area contributed by atoms with Crippen molar-refractivity contribution in [2.75, 3.05) is 24.7 Å². The maximum Gasteiger partial charge on any atom is 0.148 e. The topological polar surface area (TPSA) is 58.5 Å². The van der Waals surface area contributed by atoms with Crippen LogP contribution in [0.25, 0.3) is 11.0 Å². The van der Waals surface area contributed by atoms with Gasteiger partial charge in [-0.25, -0.2) is 4.98 Å². The second-order valence-electron chi connectivity index (χ2n) is 4.86. The van der Waals surface area contributed by atoms with Gasteiger partial charge < -0.3 is 14.7 Å². The summed E-state index contributed by atoms with van der Waals surface area (Å²) in [6.45, 7) is 3.36. The molecule has 1 saturated heterocycles. The predicted molar refractivity (Wildman–Crippen MR) is 73.2 cm³/mol. The van der Waals surface area contributed by atoms with Crippen molar-refractivity contribution in [3.8, 4) is 0 Å². The second kappa shape index (κ2) is 5.11. The largest absolute Gasteiger partial charge is 0.394 e. The molecule has 0 saturated carbocycles. The van der Waals surface area contributed by atoms with Crippen molar-refractivity contribution < 1.29 is 9.84 Å². The molecule has 0 amide bonds. The zero-order chi connectivity index (χ0) is 13.2. The number of ether oxygens (including phenoxy) is 1. The van der Waals surface area contributed by atoms with Gasteiger partial charge in [-0.2, -0.15) is 0 Å². The summed E-state index contributed by atoms with van der Waals surface area (Å²) in [7, 11) is 0. The fraction of sp³-hybridized carbons (Fsp3) is 0.429. The van der Waals surface area contributed by atoms with E-state index in [9.17, 15) is 5.11 Å². The number of benzene rings is 1. The average molecular weight is 259 g/mol. The number of hydrogen-bond acceptors (Lipinski definition) is 5. The first kappa shape index (κ1) is 12.3. The molecule has 2 heterocycles. The molecule has 0 radical (unpaired) electrons. The molecule has 1 aliphatic rings. The summed E-state index contributed by atoms with van der Waals surface area (Å²) in [5.41, 5.74) is 1.78. The summed E-state index contributed by atoms with van der Waals surface area (Å²) in [4.78, 5) is 11.2. The quantitative estimate of drug-likeness (QED) is 0.878. The summed E-state index contributed by atoms with van der Waals surface area (Å²) in [5.74, 6) is 0.841. The Morgan fingerprint density at radius 2 is 2.16 bits per heavy atom. The van der Waals surface area contributed by atoms with Gasteiger partial charge in [0.15, 0.2) is 0 Å². The lowest BCUT2D eigenvalue weighted by Crippen LogP contribution is -2.50. The number of nitrogens with zero attached hydrogens (tertiary/aromatic N) is 3. The number of para-hydroxylation sites is 2. The van der Waals surface area contributed by atoms with Crippen LogP contribution < -0.4 is 4.90 Å². The van der Waals surface area contributed by atoms with Gasteiger partial charge in [-0.1, -0.05) is 12.1 Å². The van der Waals surface area contributed by atoms with Gasteiger partial charge in [-0.05, 0) is 19.1 Å². The van der Waals surface area contributed by atoms with Gasteiger partial charge in [0.2, 0.25) is 0 Å². The molecule has 0 spiro atoms. The van der Waals surface area contributed by atoms with Crippen molar-refractivity contribution in [3.63, 3.8) is 0 Å². The van der Waals surface area contributed by atoms with Gasteiger partial charge in [0.1, 0.15) is 5.82 Å². The number of morpholine rings is 1. The van der Waals surface area contributed by atoms with E-state index in [1.165, 1.54) is 0 Å². The van der Waals surface area contributed by atoms with Crippen molar-refractivity contribution >= 4 is 16.9 Å². The molecule has 1 N–H and O–H groups in total. The summed E-state index contributed by atoms with van der Waals surface area (Å²) in [6.07, 6.45) is 1.64. The van der Waals surface area contributed by atoms with Crippen LogP contribution in [0.2, 0.25) is 0 Å². The standard InChI is InChI=1S/C14H17N3O2/c1-10-9-19-11(8-18)7-17(10)14-6-15-12-4-2-3-5-13(12)16-14/h2-6,10-11,18H,7-9H2,1H3. The van der Waals surface area contributed by atoms with Crippen molar-refractivity contribution in [3.05, 3.63) is 30.5 Å². The molecule has 2 atom stereocenters. The molecule has 1 fully saturated rings. The third-order valence-corrected chi connectivity index (χ3v) is 3.44. The molecule has 5 nitrogen and oxygen atoms in total. The molecule has 100 valence electrons. The Morgan fingerprint density at radius 1 is 1.37 bits per heavy atom. The maximum absolute atomic E-state index is 9.23. The fourth-order valence-electron chi connectivity index (χ4n) is 2.33. The van der Waals surface area contributed by atoms with E-state index in [1.807, 2.05) is 24.3 Å². The third kappa shape index (κ3) is 2.39. The van der Waals surface area contributed by atoms with E-state index in [4.69, 9.17) is 4.74 Å². The first-order valence-corrected chi connectivity index (χ1v) is 6.49. The van der Waals surface area contributed by atoms with Crippen LogP contribution in [0.4, 0.5) is 5.82 Å². The number of fused-ring (bicyclic) bond motifs is 1. The normalized spacial score (nSPS) is 23.8. The summed E-state index contributed by atoms with van der Waals surface area (Å²) in [6, 6.07) is 8.06. The molecule has 2 aromatic rings. The lowest BCUT2D eigenvalue weighted by Gasteiger charge is -2.38. The van der Waals surface area contributed by atoms with Gasteiger partial charge in [-0.15, -0.1) is 0 Å². The fourth-order valence-corrected chi connectivity index (χ4v) is 2.33. The van der Waals surface area contributed by atoms with E-state index >= 15 is 0 Å². The Kier molecular flexibility index (Phi) is 3.31. The molecule has 1 aromatic carbocycles. The molecule has 2 unspecified atom stereocenters. The molecular weight excluding hydrogens is 242 g/mol. The van der Waals surface area contributed by atoms with Gasteiger partial charge in [0, 0.05) is 6.54 Å². The van der Waals surface area contributed by atoms with Crippen LogP contribution in [-0.4, -0.2) is 47.0 Å². The number of aromatic nitrogens is 2. The van der Waals surface area contributed by atoms with Gasteiger partial charge in [0.05, 0.1) is 42.6 Å². The van der Waals surface area contributed by atoms with Crippen LogP contribution in [0.3, 0.4) is 0 Å². The van der Waals surface area contributed by atoms with Crippen LogP contribution in [-0.2, 0) is 4.74 Å². The highest BCUT2D eigenvalue weighted by Gasteiger charge is 2.26. The Hall–Kier alpha value is -1.72. The van der Waals surface area contributed by atoms with Crippen LogP contribution in [0.5, 0.6) is 0 Å². The van der Waals surface area contributed by atoms with Crippen LogP contribution in [0.1, 0.15) is 6.92 Å². The monoisotopic (exact) mass is 259 g/mol. The minimum Gasteiger partial charge on any atom is -0.394 e. The van der Waals surface area contributed by atoms with Gasteiger partial charge in [-0.3, -0.25) is 4.98 Å². The third-order valence-electron chi connectivity index (χ3n) is 3.44. The smallest absolute Gasteiger partial charge is 0.148 e. The number of anilines is 1. The highest BCUT2D eigenvalue weighted by Crippen LogP contribution is 2.21. The highest BCUT2D eigenvalue weighted by atomic mass is 16.5. The molecule has 19 heavy (non-hydrogen) atoms. The molecule has 0 bridgehead atoms. The first-order valence-electron chi connectivity index (χ1n) is 6.49. The van der Waals surface area contributed by atoms with Crippen LogP contribution in [0, 0.1) is 0 Å². The number of hydrogen-bond donors (Lipinski definition) is 1. The second-order valence-corrected chi connectivity index (χ2v) is 4.86. The highest BCUT2D eigenvalue weighted by molar-refractivity contribution is 5.75. The minimum absolute atomic E-state index is 0.0320. The zero-order valence-corrected chi connectivity index (χ0v) is 10.9. The molecule has 0 aliphatic carbocycles. The molecule has 1 aliphatic heterocycles. The minimum atomic E-state index is -0.149. The van der Waals surface area contributed by atoms with Crippen molar-refractivity contribution in [2.24, 2.45) is 0 Å². The Balaban J connectivity index is 1.93. The van der Waals surface area contributed by atoms with E-state index in [0.29, 0.717) is 13.2 Å². The Bertz CT molecular complexity index is 575. The van der Waals surface area contributed by atoms with E-state index < -0.39 is 0 Å². The van der Waals surface area contributed by atoms with E-state index in [2.05, 4.69) is 21.8 Å². The van der Waals surface area contributed by atoms with E-state index in [1.54, 1.807) is 6.20 Å². The number of rotatable bonds is 2. The number of aliphatic hydroxyl groups excluding tert-OH is 1. The average Bonchev–Trinajstić information content (AvgIpc) is 2.47. The SMILES string of the molecule is CC1COC(CO)CN1c1cnc2ccccc2n1. The zero-order valence-electron chi connectivity index (χ0n) is 10.9. The maximum atomic E-state index is 9.23. The first-order chi connectivity index (χ1) is 9.28. The van der Waals surface area contributed by atoms with Crippen molar-refractivity contribution in [2.45, 2.75) is 19.1 Å². The Labute approximate surface area is 111 Å². The van der Waals surface area contributed by atoms with Crippen LogP contribution >= 0.6 is 0 Å². The Morgan fingerprint density at radius 3 is 2.95 bits per heavy atom. The lowest BCUT2D eigenvalue weighted by atomic mass is 10.2. The summed E-state index contributed by atoms with van der Waals surface area (Å²) in [5, 5.41) is 9.23. The molecular formula is C14H17N3O2. The molecule has 1 aromatic heterocycles. The van der Waals surface area contributed by atoms with Gasteiger partial charge in [0.25, 0.3) is 0 Å². The van der Waals surface area contributed by atoms with Crippen molar-refractivity contribution in [1.29, 1.82) is 0 Å². The van der Waals surface area contributed by atoms with Crippen LogP contribution in [0.15, 0.2) is 30.5 Å². The van der Waals surface area contributed by atoms with Crippen molar-refractivity contribution in [1.82, 2.24) is 9.97 Å². The summed E-state index contributed by atoms with van der Waals surface area (Å²) >= 11 is 0. The predicted octanol–water partition coefficient (Wildman–Crippen LogP) is 1.22. The van der Waals surface area contributed by atoms with Gasteiger partial charge >= 0.3 is 0 Å². The van der Waals surface area contributed by atoms with E-state index in [0.717, 1.165) is 16.9 Å². The molecule has 5 heteroatoms. The lowest BCUT2D eigenvalue weighted by molar-refractivity contribution is -0.0105. The molecule has 3 rings (SSSR count). The number of aliphatic hydroxyl groups is 1. The summed E-state index contributed by atoms with van der Waals surface area (Å²) < 4.78 is 5.54. The van der Waals surface area contributed by atoms with E-state index in [-0.39, 0.29) is 18.8 Å².